The van der Waals surface area contributed by atoms with Gasteiger partial charge in [-0.25, -0.2) is 8.42 Å². The van der Waals surface area contributed by atoms with E-state index >= 15 is 0 Å². The molecule has 0 spiro atoms. The zero-order valence-electron chi connectivity index (χ0n) is 27.0. The minimum Gasteiger partial charge on any atom is -0.354 e. The van der Waals surface area contributed by atoms with E-state index in [0.717, 1.165) is 26.6 Å². The van der Waals surface area contributed by atoms with E-state index in [1.54, 1.807) is 37.3 Å². The monoisotopic (exact) mass is 659 g/mol. The van der Waals surface area contributed by atoms with E-state index in [0.29, 0.717) is 22.8 Å². The number of anilines is 1. The van der Waals surface area contributed by atoms with Gasteiger partial charge in [-0.05, 0) is 73.2 Å². The number of halogens is 1. The Morgan fingerprint density at radius 3 is 2.13 bits per heavy atom. The van der Waals surface area contributed by atoms with Crippen LogP contribution in [0.5, 0.6) is 0 Å². The van der Waals surface area contributed by atoms with Crippen molar-refractivity contribution in [1.29, 1.82) is 0 Å². The number of hydrogen-bond acceptors (Lipinski definition) is 4. The van der Waals surface area contributed by atoms with Crippen LogP contribution in [0.3, 0.4) is 0 Å². The number of amides is 2. The molecule has 0 aliphatic carbocycles. The Kier molecular flexibility index (Phi) is 11.7. The standard InChI is InChI=1S/C37H42ClN3O4S/c1-26(2)23-39-37(43)35(22-30-13-7-6-8-14-30)40(24-31-15-10-9-12-28(31)4)36(42)25-41(34-17-11-16-33(38)29(34)5)46(44,45)32-20-18-27(3)19-21-32/h6-21,26,35H,22-25H2,1-5H3,(H,39,43)/t35-/m1/s1. The largest absolute Gasteiger partial charge is 0.354 e. The lowest BCUT2D eigenvalue weighted by atomic mass is 10.0. The maximum absolute atomic E-state index is 14.7. The lowest BCUT2D eigenvalue weighted by Gasteiger charge is -2.34. The van der Waals surface area contributed by atoms with Crippen LogP contribution < -0.4 is 9.62 Å². The first-order valence-electron chi connectivity index (χ1n) is 15.4. The van der Waals surface area contributed by atoms with Gasteiger partial charge in [-0.3, -0.25) is 13.9 Å². The second-order valence-corrected chi connectivity index (χ2v) is 14.3. The van der Waals surface area contributed by atoms with Crippen molar-refractivity contribution in [3.8, 4) is 0 Å². The summed E-state index contributed by atoms with van der Waals surface area (Å²) in [4.78, 5) is 30.1. The summed E-state index contributed by atoms with van der Waals surface area (Å²) in [5, 5.41) is 3.39. The molecular formula is C37H42ClN3O4S. The van der Waals surface area contributed by atoms with E-state index in [2.05, 4.69) is 5.32 Å². The third-order valence-electron chi connectivity index (χ3n) is 7.95. The molecule has 0 radical (unpaired) electrons. The molecule has 1 N–H and O–H groups in total. The van der Waals surface area contributed by atoms with Crippen LogP contribution >= 0.6 is 11.6 Å². The summed E-state index contributed by atoms with van der Waals surface area (Å²) in [6.07, 6.45) is 0.253. The fraction of sp³-hybridized carbons (Fsp3) is 0.297. The van der Waals surface area contributed by atoms with Crippen LogP contribution in [-0.4, -0.2) is 44.3 Å². The Morgan fingerprint density at radius 1 is 0.826 bits per heavy atom. The van der Waals surface area contributed by atoms with E-state index < -0.39 is 28.5 Å². The van der Waals surface area contributed by atoms with Crippen LogP contribution in [0.25, 0.3) is 0 Å². The lowest BCUT2D eigenvalue weighted by Crippen LogP contribution is -2.54. The number of carbonyl (C=O) groups is 2. The summed E-state index contributed by atoms with van der Waals surface area (Å²) in [5.74, 6) is -0.617. The molecular weight excluding hydrogens is 618 g/mol. The molecule has 7 nitrogen and oxygen atoms in total. The van der Waals surface area contributed by atoms with Gasteiger partial charge in [0.2, 0.25) is 11.8 Å². The minimum absolute atomic E-state index is 0.0474. The Balaban J connectivity index is 1.84. The van der Waals surface area contributed by atoms with Gasteiger partial charge in [0.05, 0.1) is 10.6 Å². The maximum atomic E-state index is 14.7. The highest BCUT2D eigenvalue weighted by molar-refractivity contribution is 7.92. The van der Waals surface area contributed by atoms with Crippen molar-refractivity contribution >= 4 is 39.1 Å². The quantitative estimate of drug-likeness (QED) is 0.170. The molecule has 4 rings (SSSR count). The zero-order chi connectivity index (χ0) is 33.4. The fourth-order valence-corrected chi connectivity index (χ4v) is 6.81. The first kappa shape index (κ1) is 34.7. The van der Waals surface area contributed by atoms with Crippen molar-refractivity contribution < 1.29 is 18.0 Å². The molecule has 0 saturated carbocycles. The zero-order valence-corrected chi connectivity index (χ0v) is 28.6. The highest BCUT2D eigenvalue weighted by Crippen LogP contribution is 2.31. The molecule has 46 heavy (non-hydrogen) atoms. The highest BCUT2D eigenvalue weighted by atomic mass is 35.5. The van der Waals surface area contributed by atoms with Crippen molar-refractivity contribution in [2.45, 2.75) is 58.5 Å². The molecule has 0 aliphatic rings. The normalized spacial score (nSPS) is 12.1. The van der Waals surface area contributed by atoms with Crippen LogP contribution in [0.2, 0.25) is 5.02 Å². The van der Waals surface area contributed by atoms with E-state index in [-0.39, 0.29) is 29.7 Å². The third kappa shape index (κ3) is 8.56. The topological polar surface area (TPSA) is 86.8 Å². The molecule has 242 valence electrons. The third-order valence-corrected chi connectivity index (χ3v) is 10.1. The summed E-state index contributed by atoms with van der Waals surface area (Å²) in [7, 11) is -4.22. The van der Waals surface area contributed by atoms with Gasteiger partial charge < -0.3 is 10.2 Å². The molecule has 0 fully saturated rings. The molecule has 4 aromatic carbocycles. The molecule has 4 aromatic rings. The molecule has 0 heterocycles. The smallest absolute Gasteiger partial charge is 0.264 e. The fourth-order valence-electron chi connectivity index (χ4n) is 5.16. The lowest BCUT2D eigenvalue weighted by molar-refractivity contribution is -0.140. The summed E-state index contributed by atoms with van der Waals surface area (Å²) < 4.78 is 29.7. The summed E-state index contributed by atoms with van der Waals surface area (Å²) >= 11 is 6.47. The van der Waals surface area contributed by atoms with Gasteiger partial charge in [-0.2, -0.15) is 0 Å². The molecule has 2 amide bonds. The van der Waals surface area contributed by atoms with Crippen molar-refractivity contribution in [3.63, 3.8) is 0 Å². The predicted molar refractivity (Wildman–Crippen MR) is 185 cm³/mol. The van der Waals surface area contributed by atoms with E-state index in [4.69, 9.17) is 11.6 Å². The first-order valence-corrected chi connectivity index (χ1v) is 17.2. The Labute approximate surface area is 278 Å². The van der Waals surface area contributed by atoms with Crippen LogP contribution in [-0.2, 0) is 32.6 Å². The van der Waals surface area contributed by atoms with Gasteiger partial charge >= 0.3 is 0 Å². The van der Waals surface area contributed by atoms with Gasteiger partial charge in [0.1, 0.15) is 12.6 Å². The van der Waals surface area contributed by atoms with Crippen molar-refractivity contribution in [2.75, 3.05) is 17.4 Å². The Morgan fingerprint density at radius 2 is 1.48 bits per heavy atom. The molecule has 1 atom stereocenters. The predicted octanol–water partition coefficient (Wildman–Crippen LogP) is 6.87. The molecule has 0 aliphatic heterocycles. The number of rotatable bonds is 13. The highest BCUT2D eigenvalue weighted by Gasteiger charge is 2.35. The van der Waals surface area contributed by atoms with Gasteiger partial charge in [-0.15, -0.1) is 0 Å². The molecule has 0 unspecified atom stereocenters. The van der Waals surface area contributed by atoms with Crippen LogP contribution in [0.15, 0.2) is 102 Å². The van der Waals surface area contributed by atoms with Gasteiger partial charge in [0.25, 0.3) is 10.0 Å². The minimum atomic E-state index is -4.22. The van der Waals surface area contributed by atoms with Crippen LogP contribution in [0.1, 0.15) is 41.7 Å². The molecule has 9 heteroatoms. The van der Waals surface area contributed by atoms with Crippen molar-refractivity contribution in [1.82, 2.24) is 10.2 Å². The van der Waals surface area contributed by atoms with E-state index in [9.17, 15) is 18.0 Å². The van der Waals surface area contributed by atoms with Gasteiger partial charge in [0, 0.05) is 24.5 Å². The van der Waals surface area contributed by atoms with E-state index in [1.165, 1.54) is 17.0 Å². The second kappa shape index (κ2) is 15.4. The Hall–Kier alpha value is -4.14. The average molecular weight is 660 g/mol. The van der Waals surface area contributed by atoms with Gasteiger partial charge in [0.15, 0.2) is 0 Å². The van der Waals surface area contributed by atoms with E-state index in [1.807, 2.05) is 82.3 Å². The first-order chi connectivity index (χ1) is 21.9. The molecule has 0 aromatic heterocycles. The maximum Gasteiger partial charge on any atom is 0.264 e. The second-order valence-electron chi connectivity index (χ2n) is 12.0. The number of nitrogens with one attached hydrogen (secondary N) is 1. The number of hydrogen-bond donors (Lipinski definition) is 1. The number of benzene rings is 4. The van der Waals surface area contributed by atoms with Crippen molar-refractivity contribution in [2.24, 2.45) is 5.92 Å². The molecule has 0 saturated heterocycles. The Bertz CT molecular complexity index is 1760. The van der Waals surface area contributed by atoms with Crippen LogP contribution in [0, 0.1) is 26.7 Å². The number of sulfonamides is 1. The number of nitrogens with zero attached hydrogens (tertiary/aromatic N) is 2. The number of carbonyl (C=O) groups excluding carboxylic acids is 2. The van der Waals surface area contributed by atoms with Crippen molar-refractivity contribution in [3.05, 3.63) is 130 Å². The molecule has 0 bridgehead atoms. The number of aryl methyl sites for hydroxylation is 2. The van der Waals surface area contributed by atoms with Gasteiger partial charge in [-0.1, -0.05) is 104 Å². The average Bonchev–Trinajstić information content (AvgIpc) is 3.03. The summed E-state index contributed by atoms with van der Waals surface area (Å²) in [6, 6.07) is 27.8. The summed E-state index contributed by atoms with van der Waals surface area (Å²) in [5.41, 5.74) is 4.41. The van der Waals surface area contributed by atoms with Crippen LogP contribution in [0.4, 0.5) is 5.69 Å². The summed E-state index contributed by atoms with van der Waals surface area (Å²) in [6.45, 7) is 9.57. The SMILES string of the molecule is Cc1ccc(S(=O)(=O)N(CC(=O)N(Cc2ccccc2C)[C@H](Cc2ccccc2)C(=O)NCC(C)C)c2cccc(Cl)c2C)cc1.